The van der Waals surface area contributed by atoms with Crippen LogP contribution in [-0.4, -0.2) is 17.7 Å². The van der Waals surface area contributed by atoms with Gasteiger partial charge in [-0.3, -0.25) is 14.4 Å². The van der Waals surface area contributed by atoms with E-state index in [0.29, 0.717) is 40.9 Å². The Hall–Kier alpha value is -3.15. The van der Waals surface area contributed by atoms with E-state index >= 15 is 0 Å². The third kappa shape index (κ3) is 5.91. The normalized spacial score (nSPS) is 17.5. The van der Waals surface area contributed by atoms with E-state index in [1.165, 1.54) is 0 Å². The van der Waals surface area contributed by atoms with Gasteiger partial charge in [-0.15, -0.1) is 0 Å². The first-order valence-corrected chi connectivity index (χ1v) is 9.94. The second-order valence-corrected chi connectivity index (χ2v) is 8.07. The van der Waals surface area contributed by atoms with Crippen LogP contribution < -0.4 is 16.0 Å². The van der Waals surface area contributed by atoms with E-state index in [9.17, 15) is 14.4 Å². The second-order valence-electron chi connectivity index (χ2n) is 8.07. The molecular weight excluding hydrogens is 366 g/mol. The van der Waals surface area contributed by atoms with E-state index in [0.717, 1.165) is 6.42 Å². The van der Waals surface area contributed by atoms with Gasteiger partial charge in [0, 0.05) is 35.0 Å². The van der Waals surface area contributed by atoms with E-state index in [2.05, 4.69) is 22.9 Å². The highest BCUT2D eigenvalue weighted by molar-refractivity contribution is 6.05. The Morgan fingerprint density at radius 1 is 0.931 bits per heavy atom. The second kappa shape index (κ2) is 8.90. The summed E-state index contributed by atoms with van der Waals surface area (Å²) in [5.74, 6) is 0.507. The van der Waals surface area contributed by atoms with Crippen LogP contribution in [0, 0.1) is 17.8 Å². The molecule has 2 aromatic rings. The van der Waals surface area contributed by atoms with Gasteiger partial charge in [0.05, 0.1) is 0 Å². The molecule has 6 heteroatoms. The van der Waals surface area contributed by atoms with Gasteiger partial charge in [-0.25, -0.2) is 0 Å². The largest absolute Gasteiger partial charge is 0.326 e. The number of benzene rings is 2. The highest BCUT2D eigenvalue weighted by Gasteiger charge is 2.39. The lowest BCUT2D eigenvalue weighted by atomic mass is 10.1. The van der Waals surface area contributed by atoms with E-state index in [1.807, 2.05) is 13.8 Å². The SMILES string of the molecule is CC(C)CC(=O)Nc1ccc(NC(=O)c2cccc(NC(=O)C3CC3C)c2)cc1. The third-order valence-corrected chi connectivity index (χ3v) is 4.86. The van der Waals surface area contributed by atoms with Gasteiger partial charge in [-0.1, -0.05) is 26.8 Å². The van der Waals surface area contributed by atoms with E-state index < -0.39 is 0 Å². The molecule has 29 heavy (non-hydrogen) atoms. The number of carbonyl (C=O) groups excluding carboxylic acids is 3. The molecule has 0 saturated heterocycles. The summed E-state index contributed by atoms with van der Waals surface area (Å²) in [5.41, 5.74) is 2.39. The topological polar surface area (TPSA) is 87.3 Å². The molecule has 3 N–H and O–H groups in total. The minimum absolute atomic E-state index is 0.00478. The van der Waals surface area contributed by atoms with Crippen molar-refractivity contribution in [2.24, 2.45) is 17.8 Å². The summed E-state index contributed by atoms with van der Waals surface area (Å²) < 4.78 is 0. The molecule has 1 aliphatic carbocycles. The van der Waals surface area contributed by atoms with Gasteiger partial charge in [0.25, 0.3) is 5.91 Å². The van der Waals surface area contributed by atoms with Crippen molar-refractivity contribution < 1.29 is 14.4 Å². The van der Waals surface area contributed by atoms with Gasteiger partial charge in [0.15, 0.2) is 0 Å². The molecule has 1 saturated carbocycles. The summed E-state index contributed by atoms with van der Waals surface area (Å²) in [4.78, 5) is 36.5. The van der Waals surface area contributed by atoms with Crippen molar-refractivity contribution in [3.63, 3.8) is 0 Å². The molecule has 6 nitrogen and oxygen atoms in total. The number of amides is 3. The fourth-order valence-electron chi connectivity index (χ4n) is 3.08. The monoisotopic (exact) mass is 393 g/mol. The molecule has 2 aromatic carbocycles. The Morgan fingerprint density at radius 3 is 2.14 bits per heavy atom. The molecule has 2 unspecified atom stereocenters. The van der Waals surface area contributed by atoms with Crippen LogP contribution in [0.2, 0.25) is 0 Å². The van der Waals surface area contributed by atoms with Gasteiger partial charge in [0.2, 0.25) is 11.8 Å². The Balaban J connectivity index is 1.57. The summed E-state index contributed by atoms with van der Waals surface area (Å²) >= 11 is 0. The average molecular weight is 393 g/mol. The van der Waals surface area contributed by atoms with E-state index in [4.69, 9.17) is 0 Å². The molecule has 3 rings (SSSR count). The summed E-state index contributed by atoms with van der Waals surface area (Å²) in [5, 5.41) is 8.54. The van der Waals surface area contributed by atoms with Crippen LogP contribution in [0.4, 0.5) is 17.1 Å². The van der Waals surface area contributed by atoms with Gasteiger partial charge in [-0.2, -0.15) is 0 Å². The van der Waals surface area contributed by atoms with Crippen LogP contribution in [0.1, 0.15) is 44.0 Å². The number of hydrogen-bond donors (Lipinski definition) is 3. The number of hydrogen-bond acceptors (Lipinski definition) is 3. The predicted molar refractivity (Wildman–Crippen MR) is 115 cm³/mol. The first kappa shape index (κ1) is 20.6. The molecule has 0 aliphatic heterocycles. The Morgan fingerprint density at radius 2 is 1.55 bits per heavy atom. The predicted octanol–water partition coefficient (Wildman–Crippen LogP) is 4.52. The maximum Gasteiger partial charge on any atom is 0.255 e. The lowest BCUT2D eigenvalue weighted by molar-refractivity contribution is -0.118. The minimum Gasteiger partial charge on any atom is -0.326 e. The van der Waals surface area contributed by atoms with Crippen molar-refractivity contribution in [2.75, 3.05) is 16.0 Å². The van der Waals surface area contributed by atoms with Crippen molar-refractivity contribution in [3.8, 4) is 0 Å². The van der Waals surface area contributed by atoms with Gasteiger partial charge in [-0.05, 0) is 60.7 Å². The Kier molecular flexibility index (Phi) is 6.32. The van der Waals surface area contributed by atoms with Crippen LogP contribution in [0.5, 0.6) is 0 Å². The van der Waals surface area contributed by atoms with Crippen LogP contribution in [0.3, 0.4) is 0 Å². The van der Waals surface area contributed by atoms with Crippen molar-refractivity contribution in [3.05, 3.63) is 54.1 Å². The summed E-state index contributed by atoms with van der Waals surface area (Å²) in [6.07, 6.45) is 1.38. The van der Waals surface area contributed by atoms with Gasteiger partial charge >= 0.3 is 0 Å². The standard InChI is InChI=1S/C23H27N3O3/c1-14(2)11-21(27)24-17-7-9-18(10-8-17)25-22(28)16-5-4-6-19(13-16)26-23(29)20-12-15(20)3/h4-10,13-15,20H,11-12H2,1-3H3,(H,24,27)(H,25,28)(H,26,29). The van der Waals surface area contributed by atoms with E-state index in [1.54, 1.807) is 48.5 Å². The van der Waals surface area contributed by atoms with Crippen LogP contribution in [-0.2, 0) is 9.59 Å². The molecule has 152 valence electrons. The van der Waals surface area contributed by atoms with Gasteiger partial charge < -0.3 is 16.0 Å². The molecule has 0 bridgehead atoms. The lowest BCUT2D eigenvalue weighted by Gasteiger charge is -2.10. The third-order valence-electron chi connectivity index (χ3n) is 4.86. The summed E-state index contributed by atoms with van der Waals surface area (Å²) in [7, 11) is 0. The number of anilines is 3. The number of carbonyl (C=O) groups is 3. The molecule has 1 fully saturated rings. The average Bonchev–Trinajstić information content (AvgIpc) is 3.40. The lowest BCUT2D eigenvalue weighted by Crippen LogP contribution is -2.16. The van der Waals surface area contributed by atoms with Crippen molar-refractivity contribution in [2.45, 2.75) is 33.6 Å². The highest BCUT2D eigenvalue weighted by atomic mass is 16.2. The molecule has 0 radical (unpaired) electrons. The maximum absolute atomic E-state index is 12.5. The van der Waals surface area contributed by atoms with E-state index in [-0.39, 0.29) is 23.6 Å². The Bertz CT molecular complexity index is 906. The molecule has 0 spiro atoms. The zero-order valence-electron chi connectivity index (χ0n) is 17.0. The van der Waals surface area contributed by atoms with Crippen LogP contribution in [0.25, 0.3) is 0 Å². The fraction of sp³-hybridized carbons (Fsp3) is 0.348. The molecular formula is C23H27N3O3. The zero-order chi connectivity index (χ0) is 21.0. The first-order valence-electron chi connectivity index (χ1n) is 9.94. The Labute approximate surface area is 171 Å². The highest BCUT2D eigenvalue weighted by Crippen LogP contribution is 2.38. The van der Waals surface area contributed by atoms with Crippen molar-refractivity contribution >= 4 is 34.8 Å². The van der Waals surface area contributed by atoms with Crippen LogP contribution >= 0.6 is 0 Å². The van der Waals surface area contributed by atoms with Crippen molar-refractivity contribution in [1.82, 2.24) is 0 Å². The van der Waals surface area contributed by atoms with Gasteiger partial charge in [0.1, 0.15) is 0 Å². The zero-order valence-corrected chi connectivity index (χ0v) is 17.0. The molecule has 2 atom stereocenters. The molecule has 0 heterocycles. The summed E-state index contributed by atoms with van der Waals surface area (Å²) in [6.45, 7) is 6.03. The molecule has 1 aliphatic rings. The smallest absolute Gasteiger partial charge is 0.255 e. The quantitative estimate of drug-likeness (QED) is 0.646. The summed E-state index contributed by atoms with van der Waals surface area (Å²) in [6, 6.07) is 13.9. The van der Waals surface area contributed by atoms with Crippen LogP contribution in [0.15, 0.2) is 48.5 Å². The minimum atomic E-state index is -0.266. The number of nitrogens with one attached hydrogen (secondary N) is 3. The first-order chi connectivity index (χ1) is 13.8. The fourth-order valence-corrected chi connectivity index (χ4v) is 3.08. The number of rotatable bonds is 7. The molecule has 3 amide bonds. The molecule has 0 aromatic heterocycles. The van der Waals surface area contributed by atoms with Crippen molar-refractivity contribution in [1.29, 1.82) is 0 Å². The maximum atomic E-state index is 12.5.